The van der Waals surface area contributed by atoms with E-state index < -0.39 is 0 Å². The average Bonchev–Trinajstić information content (AvgIpc) is 2.44. The van der Waals surface area contributed by atoms with Gasteiger partial charge in [-0.2, -0.15) is 0 Å². The average molecular weight is 289 g/mol. The first-order chi connectivity index (χ1) is 10.1. The standard InChI is InChI=1S/C18H31N3/c1-5-9-19-17-12-16(10-13(2)3)20-18(21-17)15-8-6-7-14(4)11-15/h12-15H,5-11H2,1-4H3,(H,19,20,21). The van der Waals surface area contributed by atoms with Gasteiger partial charge in [0.15, 0.2) is 0 Å². The molecule has 1 aliphatic carbocycles. The Kier molecular flexibility index (Phi) is 6.01. The van der Waals surface area contributed by atoms with Gasteiger partial charge in [0.25, 0.3) is 0 Å². The number of nitrogens with one attached hydrogen (secondary N) is 1. The molecule has 1 N–H and O–H groups in total. The molecule has 2 unspecified atom stereocenters. The van der Waals surface area contributed by atoms with Crippen molar-refractivity contribution in [3.05, 3.63) is 17.6 Å². The number of aromatic nitrogens is 2. The Hall–Kier alpha value is -1.12. The minimum Gasteiger partial charge on any atom is -0.370 e. The van der Waals surface area contributed by atoms with E-state index in [4.69, 9.17) is 9.97 Å². The Balaban J connectivity index is 2.20. The first-order valence-corrected chi connectivity index (χ1v) is 8.70. The first-order valence-electron chi connectivity index (χ1n) is 8.70. The summed E-state index contributed by atoms with van der Waals surface area (Å²) in [6.45, 7) is 10.0. The second-order valence-electron chi connectivity index (χ2n) is 7.10. The van der Waals surface area contributed by atoms with Crippen LogP contribution in [0.3, 0.4) is 0 Å². The Morgan fingerprint density at radius 1 is 1.29 bits per heavy atom. The van der Waals surface area contributed by atoms with Crippen LogP contribution in [-0.4, -0.2) is 16.5 Å². The van der Waals surface area contributed by atoms with Crippen LogP contribution in [0, 0.1) is 11.8 Å². The van der Waals surface area contributed by atoms with Crippen LogP contribution in [0.5, 0.6) is 0 Å². The van der Waals surface area contributed by atoms with Gasteiger partial charge < -0.3 is 5.32 Å². The van der Waals surface area contributed by atoms with Gasteiger partial charge in [-0.25, -0.2) is 9.97 Å². The van der Waals surface area contributed by atoms with Gasteiger partial charge in [0.1, 0.15) is 11.6 Å². The molecule has 0 bridgehead atoms. The van der Waals surface area contributed by atoms with Crippen LogP contribution in [0.15, 0.2) is 6.07 Å². The highest BCUT2D eigenvalue weighted by molar-refractivity contribution is 5.36. The summed E-state index contributed by atoms with van der Waals surface area (Å²) in [5.41, 5.74) is 1.20. The number of hydrogen-bond acceptors (Lipinski definition) is 3. The van der Waals surface area contributed by atoms with E-state index in [1.54, 1.807) is 0 Å². The van der Waals surface area contributed by atoms with Gasteiger partial charge >= 0.3 is 0 Å². The van der Waals surface area contributed by atoms with Crippen LogP contribution >= 0.6 is 0 Å². The lowest BCUT2D eigenvalue weighted by atomic mass is 9.82. The lowest BCUT2D eigenvalue weighted by molar-refractivity contribution is 0.334. The maximum Gasteiger partial charge on any atom is 0.134 e. The normalized spacial score (nSPS) is 22.5. The van der Waals surface area contributed by atoms with Crippen molar-refractivity contribution in [1.82, 2.24) is 9.97 Å². The largest absolute Gasteiger partial charge is 0.370 e. The van der Waals surface area contributed by atoms with Gasteiger partial charge in [0.05, 0.1) is 0 Å². The number of nitrogens with zero attached hydrogens (tertiary/aromatic N) is 2. The zero-order chi connectivity index (χ0) is 15.2. The lowest BCUT2D eigenvalue weighted by Crippen LogP contribution is -2.16. The monoisotopic (exact) mass is 289 g/mol. The molecule has 1 aromatic heterocycles. The van der Waals surface area contributed by atoms with Crippen molar-refractivity contribution >= 4 is 5.82 Å². The first kappa shape index (κ1) is 16.3. The van der Waals surface area contributed by atoms with Crippen LogP contribution in [-0.2, 0) is 6.42 Å². The third kappa shape index (κ3) is 4.98. The summed E-state index contributed by atoms with van der Waals surface area (Å²) in [7, 11) is 0. The summed E-state index contributed by atoms with van der Waals surface area (Å²) in [4.78, 5) is 9.70. The van der Waals surface area contributed by atoms with Crippen molar-refractivity contribution in [2.45, 2.75) is 72.1 Å². The molecule has 0 radical (unpaired) electrons. The second kappa shape index (κ2) is 7.77. The fourth-order valence-corrected chi connectivity index (χ4v) is 3.24. The van der Waals surface area contributed by atoms with Crippen LogP contribution in [0.2, 0.25) is 0 Å². The van der Waals surface area contributed by atoms with Crippen LogP contribution in [0.4, 0.5) is 5.82 Å². The minimum absolute atomic E-state index is 0.558. The SMILES string of the molecule is CCCNc1cc(CC(C)C)nc(C2CCCC(C)C2)n1. The molecule has 1 saturated carbocycles. The highest BCUT2D eigenvalue weighted by Crippen LogP contribution is 2.34. The van der Waals surface area contributed by atoms with Crippen LogP contribution < -0.4 is 5.32 Å². The van der Waals surface area contributed by atoms with Crippen molar-refractivity contribution in [3.63, 3.8) is 0 Å². The van der Waals surface area contributed by atoms with Crippen LogP contribution in [0.1, 0.15) is 77.2 Å². The van der Waals surface area contributed by atoms with Gasteiger partial charge in [-0.05, 0) is 37.5 Å². The summed E-state index contributed by atoms with van der Waals surface area (Å²) in [5, 5.41) is 3.45. The predicted molar refractivity (Wildman–Crippen MR) is 89.7 cm³/mol. The van der Waals surface area contributed by atoms with Crippen LogP contribution in [0.25, 0.3) is 0 Å². The van der Waals surface area contributed by atoms with Crippen molar-refractivity contribution in [1.29, 1.82) is 0 Å². The van der Waals surface area contributed by atoms with Crippen molar-refractivity contribution in [3.8, 4) is 0 Å². The van der Waals surface area contributed by atoms with Gasteiger partial charge in [-0.1, -0.05) is 40.5 Å². The molecular formula is C18H31N3. The van der Waals surface area contributed by atoms with E-state index in [0.29, 0.717) is 11.8 Å². The number of hydrogen-bond donors (Lipinski definition) is 1. The molecule has 0 amide bonds. The summed E-state index contributed by atoms with van der Waals surface area (Å²) >= 11 is 0. The van der Waals surface area contributed by atoms with Crippen molar-refractivity contribution in [2.24, 2.45) is 11.8 Å². The molecule has 1 aromatic rings. The molecule has 1 fully saturated rings. The van der Waals surface area contributed by atoms with E-state index in [2.05, 4.69) is 39.1 Å². The molecule has 0 aliphatic heterocycles. The molecule has 2 atom stereocenters. The zero-order valence-electron chi connectivity index (χ0n) is 14.2. The topological polar surface area (TPSA) is 37.8 Å². The highest BCUT2D eigenvalue weighted by Gasteiger charge is 2.23. The van der Waals surface area contributed by atoms with E-state index in [9.17, 15) is 0 Å². The van der Waals surface area contributed by atoms with E-state index in [1.807, 2.05) is 0 Å². The highest BCUT2D eigenvalue weighted by atomic mass is 15.0. The molecule has 3 nitrogen and oxygen atoms in total. The van der Waals surface area contributed by atoms with Gasteiger partial charge in [0.2, 0.25) is 0 Å². The Labute approximate surface area is 130 Å². The summed E-state index contributed by atoms with van der Waals surface area (Å²) in [6.07, 6.45) is 7.35. The quantitative estimate of drug-likeness (QED) is 0.818. The molecule has 0 saturated heterocycles. The maximum absolute atomic E-state index is 4.89. The summed E-state index contributed by atoms with van der Waals surface area (Å²) in [6, 6.07) is 2.14. The van der Waals surface area contributed by atoms with E-state index in [0.717, 1.165) is 36.9 Å². The Morgan fingerprint density at radius 2 is 2.10 bits per heavy atom. The Bertz CT molecular complexity index is 442. The molecule has 1 aliphatic rings. The van der Waals surface area contributed by atoms with Gasteiger partial charge in [0, 0.05) is 24.2 Å². The maximum atomic E-state index is 4.89. The third-order valence-corrected chi connectivity index (χ3v) is 4.27. The molecule has 0 spiro atoms. The predicted octanol–water partition coefficient (Wildman–Crippen LogP) is 4.79. The molecule has 3 heteroatoms. The molecule has 0 aromatic carbocycles. The Morgan fingerprint density at radius 3 is 2.76 bits per heavy atom. The fourth-order valence-electron chi connectivity index (χ4n) is 3.24. The number of anilines is 1. The van der Waals surface area contributed by atoms with Gasteiger partial charge in [-0.3, -0.25) is 0 Å². The van der Waals surface area contributed by atoms with E-state index in [1.165, 1.54) is 31.4 Å². The zero-order valence-corrected chi connectivity index (χ0v) is 14.2. The van der Waals surface area contributed by atoms with Crippen molar-refractivity contribution in [2.75, 3.05) is 11.9 Å². The summed E-state index contributed by atoms with van der Waals surface area (Å²) < 4.78 is 0. The minimum atomic E-state index is 0.558. The van der Waals surface area contributed by atoms with E-state index >= 15 is 0 Å². The number of rotatable bonds is 6. The lowest BCUT2D eigenvalue weighted by Gasteiger charge is -2.26. The molecule has 2 rings (SSSR count). The van der Waals surface area contributed by atoms with E-state index in [-0.39, 0.29) is 0 Å². The second-order valence-corrected chi connectivity index (χ2v) is 7.10. The van der Waals surface area contributed by atoms with Crippen molar-refractivity contribution < 1.29 is 0 Å². The molecule has 1 heterocycles. The van der Waals surface area contributed by atoms with Gasteiger partial charge in [-0.15, -0.1) is 0 Å². The third-order valence-electron chi connectivity index (χ3n) is 4.27. The fraction of sp³-hybridized carbons (Fsp3) is 0.778. The smallest absolute Gasteiger partial charge is 0.134 e. The molecule has 118 valence electrons. The molecule has 21 heavy (non-hydrogen) atoms. The molecular weight excluding hydrogens is 258 g/mol. The summed E-state index contributed by atoms with van der Waals surface area (Å²) in [5.74, 6) is 4.11.